The molecule has 0 aliphatic carbocycles. The van der Waals surface area contributed by atoms with E-state index in [0.717, 1.165) is 0 Å². The Morgan fingerprint density at radius 2 is 0.815 bits per heavy atom. The van der Waals surface area contributed by atoms with Crippen LogP contribution in [0.15, 0.2) is 48.5 Å². The number of phenols is 2. The van der Waals surface area contributed by atoms with Crippen LogP contribution in [0.3, 0.4) is 0 Å². The van der Waals surface area contributed by atoms with Crippen molar-refractivity contribution in [2.75, 3.05) is 46.4 Å². The Labute approximate surface area is 169 Å². The molecule has 2 N–H and O–H groups in total. The van der Waals surface area contributed by atoms with Crippen molar-refractivity contribution >= 4 is 23.2 Å². The summed E-state index contributed by atoms with van der Waals surface area (Å²) in [6, 6.07) is 12.7. The normalized spacial score (nSPS) is 27.6. The lowest BCUT2D eigenvalue weighted by molar-refractivity contribution is -0.0851. The minimum atomic E-state index is 0.245. The zero-order valence-corrected chi connectivity index (χ0v) is 16.5. The average molecular weight is 411 g/mol. The van der Waals surface area contributed by atoms with Crippen molar-refractivity contribution in [3.63, 3.8) is 0 Å². The summed E-state index contributed by atoms with van der Waals surface area (Å²) in [7, 11) is 0. The molecule has 6 nitrogen and oxygen atoms in total. The number of phenolic OH excluding ortho intramolecular Hbond substituents is 2. The van der Waals surface area contributed by atoms with Gasteiger partial charge in [-0.15, -0.1) is 0 Å². The molecular weight excluding hydrogens is 387 g/mol. The van der Waals surface area contributed by atoms with Crippen molar-refractivity contribution in [3.8, 4) is 11.5 Å². The molecule has 4 aliphatic heterocycles. The van der Waals surface area contributed by atoms with E-state index in [4.69, 9.17) is 33.4 Å². The predicted molar refractivity (Wildman–Crippen MR) is 108 cm³/mol. The zero-order chi connectivity index (χ0) is 19.2. The van der Waals surface area contributed by atoms with Crippen LogP contribution in [0.4, 0.5) is 0 Å². The van der Waals surface area contributed by atoms with Gasteiger partial charge in [0.25, 0.3) is 0 Å². The third kappa shape index (κ3) is 6.53. The van der Waals surface area contributed by atoms with Crippen LogP contribution in [0.5, 0.6) is 11.5 Å². The topological polar surface area (TPSA) is 53.4 Å². The molecule has 0 spiro atoms. The highest BCUT2D eigenvalue weighted by molar-refractivity contribution is 6.30. The smallest absolute Gasteiger partial charge is 0.115 e. The summed E-state index contributed by atoms with van der Waals surface area (Å²) in [5.41, 5.74) is 0. The van der Waals surface area contributed by atoms with Crippen molar-refractivity contribution in [3.05, 3.63) is 58.6 Å². The molecule has 4 fully saturated rings. The van der Waals surface area contributed by atoms with Gasteiger partial charge >= 0.3 is 0 Å². The molecule has 0 radical (unpaired) electrons. The Balaban J connectivity index is 0.000000120. The molecule has 2 aromatic rings. The largest absolute Gasteiger partial charge is 0.508 e. The van der Waals surface area contributed by atoms with Crippen LogP contribution in [-0.4, -0.2) is 76.2 Å². The first-order valence-electron chi connectivity index (χ1n) is 8.76. The number of fused-ring (bicyclic) bond motifs is 1. The first-order chi connectivity index (χ1) is 13.0. The molecule has 8 heteroatoms. The standard InChI is InChI=1S/C7H14N4.2C6H5ClO/c1-2-9-5-10-3-8(1)4-11(6-9)7-10;2*7-5-1-3-6(8)4-2-5/h1-7H2;2*1-4,8H. The van der Waals surface area contributed by atoms with Gasteiger partial charge in [-0.05, 0) is 48.5 Å². The molecule has 6 rings (SSSR count). The average Bonchev–Trinajstić information content (AvgIpc) is 2.88. The zero-order valence-electron chi connectivity index (χ0n) is 15.0. The van der Waals surface area contributed by atoms with Gasteiger partial charge in [0.15, 0.2) is 0 Å². The summed E-state index contributed by atoms with van der Waals surface area (Å²) in [6.07, 6.45) is 0. The second-order valence-electron chi connectivity index (χ2n) is 6.79. The molecule has 0 unspecified atom stereocenters. The summed E-state index contributed by atoms with van der Waals surface area (Å²) < 4.78 is 0. The summed E-state index contributed by atoms with van der Waals surface area (Å²) in [5.74, 6) is 0.490. The van der Waals surface area contributed by atoms with E-state index in [1.807, 2.05) is 0 Å². The first kappa shape index (κ1) is 20.2. The van der Waals surface area contributed by atoms with Gasteiger partial charge in [0.05, 0.1) is 33.3 Å². The summed E-state index contributed by atoms with van der Waals surface area (Å²) in [4.78, 5) is 10.0. The number of rotatable bonds is 0. The van der Waals surface area contributed by atoms with Crippen molar-refractivity contribution < 1.29 is 10.2 Å². The molecule has 4 saturated heterocycles. The van der Waals surface area contributed by atoms with E-state index in [1.165, 1.54) is 46.4 Å². The summed E-state index contributed by atoms with van der Waals surface area (Å²) in [5, 5.41) is 18.7. The Bertz CT molecular complexity index is 595. The molecule has 4 heterocycles. The Hall–Kier alpha value is -1.54. The maximum atomic E-state index is 8.70. The van der Waals surface area contributed by atoms with E-state index < -0.39 is 0 Å². The molecule has 27 heavy (non-hydrogen) atoms. The lowest BCUT2D eigenvalue weighted by Crippen LogP contribution is -2.60. The lowest BCUT2D eigenvalue weighted by atomic mass is 10.3. The number of benzene rings is 2. The van der Waals surface area contributed by atoms with Gasteiger partial charge in [0, 0.05) is 23.1 Å². The van der Waals surface area contributed by atoms with E-state index >= 15 is 0 Å². The SMILES string of the molecule is C1CN2CN3CN1CN(C2)C3.Oc1ccc(Cl)cc1.Oc1ccc(Cl)cc1. The second-order valence-corrected chi connectivity index (χ2v) is 7.66. The van der Waals surface area contributed by atoms with Crippen LogP contribution in [0.2, 0.25) is 10.0 Å². The highest BCUT2D eigenvalue weighted by Crippen LogP contribution is 2.17. The monoisotopic (exact) mass is 410 g/mol. The third-order valence-corrected chi connectivity index (χ3v) is 4.89. The van der Waals surface area contributed by atoms with Crippen LogP contribution in [0.25, 0.3) is 0 Å². The fraction of sp³-hybridized carbons (Fsp3) is 0.368. The second kappa shape index (κ2) is 9.59. The van der Waals surface area contributed by atoms with Crippen molar-refractivity contribution in [2.24, 2.45) is 0 Å². The highest BCUT2D eigenvalue weighted by Gasteiger charge is 2.33. The maximum Gasteiger partial charge on any atom is 0.115 e. The molecule has 4 bridgehead atoms. The molecule has 0 aromatic heterocycles. The molecule has 0 saturated carbocycles. The van der Waals surface area contributed by atoms with Gasteiger partial charge in [-0.25, -0.2) is 0 Å². The first-order valence-corrected chi connectivity index (χ1v) is 9.52. The van der Waals surface area contributed by atoms with Crippen LogP contribution in [0.1, 0.15) is 0 Å². The molecule has 0 atom stereocenters. The molecular formula is C19H24Cl2N4O2. The minimum Gasteiger partial charge on any atom is -0.508 e. The van der Waals surface area contributed by atoms with Gasteiger partial charge in [0.2, 0.25) is 0 Å². The fourth-order valence-corrected chi connectivity index (χ4v) is 3.47. The Morgan fingerprint density at radius 3 is 1.11 bits per heavy atom. The van der Waals surface area contributed by atoms with Crippen molar-refractivity contribution in [2.45, 2.75) is 0 Å². The highest BCUT2D eigenvalue weighted by atomic mass is 35.5. The fourth-order valence-electron chi connectivity index (χ4n) is 3.22. The molecule has 0 amide bonds. The summed E-state index contributed by atoms with van der Waals surface area (Å²) in [6.45, 7) is 8.45. The van der Waals surface area contributed by atoms with Crippen LogP contribution < -0.4 is 0 Å². The number of hydrogen-bond acceptors (Lipinski definition) is 6. The van der Waals surface area contributed by atoms with Crippen LogP contribution in [0, 0.1) is 0 Å². The minimum absolute atomic E-state index is 0.245. The van der Waals surface area contributed by atoms with Crippen LogP contribution in [-0.2, 0) is 0 Å². The van der Waals surface area contributed by atoms with Gasteiger partial charge in [0.1, 0.15) is 11.5 Å². The number of halogens is 2. The van der Waals surface area contributed by atoms with Gasteiger partial charge in [-0.2, -0.15) is 0 Å². The number of hydrogen-bond donors (Lipinski definition) is 2. The van der Waals surface area contributed by atoms with E-state index in [0.29, 0.717) is 10.0 Å². The van der Waals surface area contributed by atoms with E-state index in [-0.39, 0.29) is 11.5 Å². The number of aromatic hydroxyl groups is 2. The van der Waals surface area contributed by atoms with Crippen molar-refractivity contribution in [1.82, 2.24) is 19.6 Å². The third-order valence-electron chi connectivity index (χ3n) is 4.39. The summed E-state index contributed by atoms with van der Waals surface area (Å²) >= 11 is 11.0. The van der Waals surface area contributed by atoms with E-state index in [9.17, 15) is 0 Å². The molecule has 2 aromatic carbocycles. The molecule has 146 valence electrons. The Morgan fingerprint density at radius 1 is 0.519 bits per heavy atom. The van der Waals surface area contributed by atoms with Gasteiger partial charge in [-0.1, -0.05) is 23.2 Å². The van der Waals surface area contributed by atoms with E-state index in [2.05, 4.69) is 19.6 Å². The molecule has 4 aliphatic rings. The van der Waals surface area contributed by atoms with Crippen LogP contribution >= 0.6 is 23.2 Å². The number of nitrogens with zero attached hydrogens (tertiary/aromatic N) is 4. The lowest BCUT2D eigenvalue weighted by Gasteiger charge is -2.45. The van der Waals surface area contributed by atoms with Gasteiger partial charge in [-0.3, -0.25) is 19.6 Å². The maximum absolute atomic E-state index is 8.70. The quantitative estimate of drug-likeness (QED) is 0.695. The predicted octanol–water partition coefficient (Wildman–Crippen LogP) is 3.11. The van der Waals surface area contributed by atoms with Crippen molar-refractivity contribution in [1.29, 1.82) is 0 Å². The van der Waals surface area contributed by atoms with E-state index in [1.54, 1.807) is 48.5 Å². The van der Waals surface area contributed by atoms with Gasteiger partial charge < -0.3 is 10.2 Å². The Kier molecular flexibility index (Phi) is 7.18.